The molecule has 6 nitrogen and oxygen atoms in total. The van der Waals surface area contributed by atoms with E-state index in [0.29, 0.717) is 17.5 Å². The van der Waals surface area contributed by atoms with Crippen molar-refractivity contribution in [2.75, 3.05) is 37.6 Å². The van der Waals surface area contributed by atoms with Crippen LogP contribution in [0.2, 0.25) is 0 Å². The number of rotatable bonds is 6. The first-order valence-corrected chi connectivity index (χ1v) is 11.1. The summed E-state index contributed by atoms with van der Waals surface area (Å²) in [5.74, 6) is 2.12. The molecule has 1 aliphatic heterocycles. The summed E-state index contributed by atoms with van der Waals surface area (Å²) in [7, 11) is 0. The monoisotopic (exact) mass is 413 g/mol. The molecule has 3 aromatic rings. The summed E-state index contributed by atoms with van der Waals surface area (Å²) in [4.78, 5) is 13.4. The van der Waals surface area contributed by atoms with E-state index in [9.17, 15) is 5.26 Å². The van der Waals surface area contributed by atoms with Gasteiger partial charge >= 0.3 is 0 Å². The van der Waals surface area contributed by atoms with Gasteiger partial charge in [0.2, 0.25) is 17.5 Å². The number of nitriles is 1. The predicted molar refractivity (Wildman–Crippen MR) is 119 cm³/mol. The molecule has 0 amide bonds. The van der Waals surface area contributed by atoms with Gasteiger partial charge in [-0.1, -0.05) is 30.3 Å². The predicted octanol–water partition coefficient (Wildman–Crippen LogP) is 3.97. The fourth-order valence-electron chi connectivity index (χ4n) is 4.54. The summed E-state index contributed by atoms with van der Waals surface area (Å²) < 4.78 is 6.21. The molecular weight excluding hydrogens is 386 g/mol. The van der Waals surface area contributed by atoms with Crippen molar-refractivity contribution in [1.82, 2.24) is 14.9 Å². The Morgan fingerprint density at radius 1 is 1.00 bits per heavy atom. The average molecular weight is 414 g/mol. The molecule has 158 valence electrons. The zero-order chi connectivity index (χ0) is 21.0. The molecule has 0 unspecified atom stereocenters. The number of benzene rings is 1. The maximum atomic E-state index is 9.67. The highest BCUT2D eigenvalue weighted by Crippen LogP contribution is 2.54. The van der Waals surface area contributed by atoms with Crippen LogP contribution in [0.4, 0.5) is 5.88 Å². The topological polar surface area (TPSA) is 69.2 Å². The fourth-order valence-corrected chi connectivity index (χ4v) is 4.54. The molecule has 5 rings (SSSR count). The van der Waals surface area contributed by atoms with Crippen molar-refractivity contribution in [2.45, 2.75) is 31.1 Å². The first kappa shape index (κ1) is 19.8. The van der Waals surface area contributed by atoms with Gasteiger partial charge in [-0.2, -0.15) is 5.26 Å². The lowest BCUT2D eigenvalue weighted by Gasteiger charge is -2.21. The van der Waals surface area contributed by atoms with Crippen molar-refractivity contribution in [2.24, 2.45) is 0 Å². The second-order valence-electron chi connectivity index (χ2n) is 8.46. The smallest absolute Gasteiger partial charge is 0.234 e. The number of nitrogens with zero attached hydrogens (tertiary/aromatic N) is 5. The van der Waals surface area contributed by atoms with Crippen molar-refractivity contribution >= 4 is 5.88 Å². The number of oxazole rings is 1. The second kappa shape index (κ2) is 8.91. The van der Waals surface area contributed by atoms with E-state index in [1.165, 1.54) is 11.1 Å². The van der Waals surface area contributed by atoms with Crippen LogP contribution in [0.15, 0.2) is 59.3 Å². The Labute approximate surface area is 183 Å². The SMILES string of the molecule is N#Cc1nc([C@@H]2C[C@@H]2c2ccccc2)oc1N1CCCN(CCc2ccncc2)CC1. The highest BCUT2D eigenvalue weighted by atomic mass is 16.4. The van der Waals surface area contributed by atoms with Crippen LogP contribution >= 0.6 is 0 Å². The van der Waals surface area contributed by atoms with Crippen LogP contribution in [0.5, 0.6) is 0 Å². The third-order valence-electron chi connectivity index (χ3n) is 6.41. The largest absolute Gasteiger partial charge is 0.423 e. The van der Waals surface area contributed by atoms with E-state index >= 15 is 0 Å². The highest BCUT2D eigenvalue weighted by molar-refractivity contribution is 5.49. The molecular formula is C25H27N5O. The van der Waals surface area contributed by atoms with Crippen LogP contribution in [0.25, 0.3) is 0 Å². The first-order valence-electron chi connectivity index (χ1n) is 11.1. The third-order valence-corrected chi connectivity index (χ3v) is 6.41. The number of pyridine rings is 1. The van der Waals surface area contributed by atoms with Gasteiger partial charge in [0.15, 0.2) is 0 Å². The van der Waals surface area contributed by atoms with Crippen LogP contribution in [-0.2, 0) is 6.42 Å². The number of hydrogen-bond acceptors (Lipinski definition) is 6. The summed E-state index contributed by atoms with van der Waals surface area (Å²) in [6.45, 7) is 4.80. The summed E-state index contributed by atoms with van der Waals surface area (Å²) in [5.41, 5.74) is 3.07. The third kappa shape index (κ3) is 4.47. The Kier molecular flexibility index (Phi) is 5.68. The van der Waals surface area contributed by atoms with Crippen LogP contribution in [0.3, 0.4) is 0 Å². The van der Waals surface area contributed by atoms with Crippen LogP contribution < -0.4 is 4.90 Å². The molecule has 6 heteroatoms. The molecule has 0 bridgehead atoms. The van der Waals surface area contributed by atoms with Crippen molar-refractivity contribution < 1.29 is 4.42 Å². The van der Waals surface area contributed by atoms with E-state index in [0.717, 1.165) is 57.9 Å². The normalized spacial score (nSPS) is 21.5. The summed E-state index contributed by atoms with van der Waals surface area (Å²) in [6, 6.07) is 16.9. The second-order valence-corrected chi connectivity index (χ2v) is 8.46. The number of anilines is 1. The molecule has 1 saturated carbocycles. The zero-order valence-corrected chi connectivity index (χ0v) is 17.7. The van der Waals surface area contributed by atoms with E-state index in [1.807, 2.05) is 18.5 Å². The van der Waals surface area contributed by atoms with E-state index in [-0.39, 0.29) is 5.92 Å². The maximum Gasteiger partial charge on any atom is 0.234 e. The standard InChI is InChI=1S/C25H27N5O/c26-18-23-25(31-24(28-23)22-17-21(22)20-5-2-1-3-6-20)30-13-4-12-29(15-16-30)14-9-19-7-10-27-11-8-19/h1-3,5-8,10-11,21-22H,4,9,12-17H2/t21-,22-/m1/s1. The zero-order valence-electron chi connectivity index (χ0n) is 17.7. The molecule has 2 aliphatic rings. The van der Waals surface area contributed by atoms with Gasteiger partial charge in [0.25, 0.3) is 0 Å². The minimum atomic E-state index is 0.284. The van der Waals surface area contributed by atoms with Gasteiger partial charge in [0.05, 0.1) is 0 Å². The minimum absolute atomic E-state index is 0.284. The molecule has 31 heavy (non-hydrogen) atoms. The van der Waals surface area contributed by atoms with Gasteiger partial charge in [0.1, 0.15) is 6.07 Å². The van der Waals surface area contributed by atoms with Crippen LogP contribution in [0.1, 0.15) is 47.4 Å². The van der Waals surface area contributed by atoms with Crippen LogP contribution in [0, 0.1) is 11.3 Å². The summed E-state index contributed by atoms with van der Waals surface area (Å²) in [6.07, 6.45) is 6.82. The molecule has 1 saturated heterocycles. The Balaban J connectivity index is 1.23. The van der Waals surface area contributed by atoms with E-state index in [1.54, 1.807) is 0 Å². The number of hydrogen-bond donors (Lipinski definition) is 0. The van der Waals surface area contributed by atoms with Crippen LogP contribution in [-0.4, -0.2) is 47.6 Å². The van der Waals surface area contributed by atoms with Gasteiger partial charge in [-0.3, -0.25) is 4.98 Å². The molecule has 1 aliphatic carbocycles. The van der Waals surface area contributed by atoms with Gasteiger partial charge in [-0.15, -0.1) is 0 Å². The molecule has 3 heterocycles. The van der Waals surface area contributed by atoms with Crippen molar-refractivity contribution in [3.05, 3.63) is 77.6 Å². The Morgan fingerprint density at radius 3 is 2.65 bits per heavy atom. The molecule has 0 spiro atoms. The van der Waals surface area contributed by atoms with Gasteiger partial charge in [0, 0.05) is 44.5 Å². The number of aromatic nitrogens is 2. The molecule has 0 radical (unpaired) electrons. The molecule has 2 fully saturated rings. The first-order chi connectivity index (χ1) is 15.3. The average Bonchev–Trinajstić information content (AvgIpc) is 3.57. The lowest BCUT2D eigenvalue weighted by molar-refractivity contribution is 0.297. The van der Waals surface area contributed by atoms with Crippen molar-refractivity contribution in [3.63, 3.8) is 0 Å². The quantitative estimate of drug-likeness (QED) is 0.609. The van der Waals surface area contributed by atoms with Gasteiger partial charge in [-0.05, 0) is 55.0 Å². The lowest BCUT2D eigenvalue weighted by atomic mass is 10.1. The Morgan fingerprint density at radius 2 is 1.84 bits per heavy atom. The highest BCUT2D eigenvalue weighted by Gasteiger charge is 2.44. The maximum absolute atomic E-state index is 9.67. The molecule has 1 aromatic carbocycles. The lowest BCUT2D eigenvalue weighted by Crippen LogP contribution is -2.32. The Hall–Kier alpha value is -3.17. The van der Waals surface area contributed by atoms with E-state index < -0.39 is 0 Å². The van der Waals surface area contributed by atoms with Gasteiger partial charge < -0.3 is 14.2 Å². The molecule has 2 aromatic heterocycles. The van der Waals surface area contributed by atoms with Crippen molar-refractivity contribution in [3.8, 4) is 6.07 Å². The molecule has 2 atom stereocenters. The van der Waals surface area contributed by atoms with E-state index in [4.69, 9.17) is 4.42 Å². The van der Waals surface area contributed by atoms with Crippen molar-refractivity contribution in [1.29, 1.82) is 5.26 Å². The molecule has 0 N–H and O–H groups in total. The fraction of sp³-hybridized carbons (Fsp3) is 0.400. The minimum Gasteiger partial charge on any atom is -0.423 e. The summed E-state index contributed by atoms with van der Waals surface area (Å²) >= 11 is 0. The van der Waals surface area contributed by atoms with E-state index in [2.05, 4.69) is 62.2 Å². The summed E-state index contributed by atoms with van der Waals surface area (Å²) in [5, 5.41) is 9.67. The van der Waals surface area contributed by atoms with Gasteiger partial charge in [-0.25, -0.2) is 4.98 Å². The Bertz CT molecular complexity index is 1040.